The minimum atomic E-state index is 0.833. The predicted molar refractivity (Wildman–Crippen MR) is 76.4 cm³/mol. The third-order valence-corrected chi connectivity index (χ3v) is 2.89. The fourth-order valence-corrected chi connectivity index (χ4v) is 2.04. The highest BCUT2D eigenvalue weighted by Crippen LogP contribution is 2.24. The van der Waals surface area contributed by atoms with Gasteiger partial charge in [0.15, 0.2) is 0 Å². The Balaban J connectivity index is 2.21. The molecule has 0 aliphatic rings. The van der Waals surface area contributed by atoms with Gasteiger partial charge in [0.25, 0.3) is 0 Å². The van der Waals surface area contributed by atoms with Crippen LogP contribution in [0, 0.1) is 0 Å². The van der Waals surface area contributed by atoms with Crippen LogP contribution in [0.5, 0.6) is 0 Å². The SMILES string of the molecule is CCCN(Cc1ccncc1)c1ccccc1N. The monoisotopic (exact) mass is 241 g/mol. The lowest BCUT2D eigenvalue weighted by atomic mass is 10.2. The molecule has 0 saturated heterocycles. The van der Waals surface area contributed by atoms with Gasteiger partial charge < -0.3 is 10.6 Å². The maximum atomic E-state index is 6.05. The average molecular weight is 241 g/mol. The van der Waals surface area contributed by atoms with Crippen molar-refractivity contribution in [2.75, 3.05) is 17.2 Å². The first-order valence-corrected chi connectivity index (χ1v) is 6.29. The fourth-order valence-electron chi connectivity index (χ4n) is 2.04. The summed E-state index contributed by atoms with van der Waals surface area (Å²) in [6, 6.07) is 12.1. The molecular weight excluding hydrogens is 222 g/mol. The largest absolute Gasteiger partial charge is 0.397 e. The van der Waals surface area contributed by atoms with Crippen LogP contribution in [0.25, 0.3) is 0 Å². The van der Waals surface area contributed by atoms with Crippen LogP contribution in [0.1, 0.15) is 18.9 Å². The van der Waals surface area contributed by atoms with Crippen LogP contribution in [0.2, 0.25) is 0 Å². The molecule has 3 heteroatoms. The standard InChI is InChI=1S/C15H19N3/c1-2-11-18(12-13-7-9-17-10-8-13)15-6-4-3-5-14(15)16/h3-10H,2,11-12,16H2,1H3. The second kappa shape index (κ2) is 6.05. The zero-order valence-corrected chi connectivity index (χ0v) is 10.7. The van der Waals surface area contributed by atoms with E-state index in [1.54, 1.807) is 0 Å². The van der Waals surface area contributed by atoms with E-state index in [1.165, 1.54) is 5.56 Å². The number of rotatable bonds is 5. The first-order chi connectivity index (χ1) is 8.81. The number of para-hydroxylation sites is 2. The molecule has 2 aromatic rings. The summed E-state index contributed by atoms with van der Waals surface area (Å²) in [5.74, 6) is 0. The first kappa shape index (κ1) is 12.4. The molecule has 0 unspecified atom stereocenters. The second-order valence-electron chi connectivity index (χ2n) is 4.34. The first-order valence-electron chi connectivity index (χ1n) is 6.29. The molecule has 0 aliphatic carbocycles. The van der Waals surface area contributed by atoms with Crippen molar-refractivity contribution in [2.24, 2.45) is 0 Å². The number of hydrogen-bond acceptors (Lipinski definition) is 3. The van der Waals surface area contributed by atoms with Crippen LogP contribution < -0.4 is 10.6 Å². The second-order valence-corrected chi connectivity index (χ2v) is 4.34. The highest BCUT2D eigenvalue weighted by atomic mass is 15.1. The Kier molecular flexibility index (Phi) is 4.18. The Morgan fingerprint density at radius 3 is 2.50 bits per heavy atom. The fraction of sp³-hybridized carbons (Fsp3) is 0.267. The van der Waals surface area contributed by atoms with Crippen LogP contribution >= 0.6 is 0 Å². The predicted octanol–water partition coefficient (Wildman–Crippen LogP) is 3.08. The number of benzene rings is 1. The van der Waals surface area contributed by atoms with Crippen LogP contribution in [0.3, 0.4) is 0 Å². The molecule has 2 N–H and O–H groups in total. The molecule has 0 spiro atoms. The van der Waals surface area contributed by atoms with Gasteiger partial charge in [-0.05, 0) is 36.2 Å². The van der Waals surface area contributed by atoms with Gasteiger partial charge in [0.1, 0.15) is 0 Å². The van der Waals surface area contributed by atoms with Gasteiger partial charge in [-0.15, -0.1) is 0 Å². The third kappa shape index (κ3) is 3.00. The molecule has 18 heavy (non-hydrogen) atoms. The van der Waals surface area contributed by atoms with E-state index in [4.69, 9.17) is 5.73 Å². The Labute approximate surface area is 108 Å². The Morgan fingerprint density at radius 2 is 1.83 bits per heavy atom. The van der Waals surface area contributed by atoms with Gasteiger partial charge in [-0.25, -0.2) is 0 Å². The molecule has 0 aliphatic heterocycles. The topological polar surface area (TPSA) is 42.2 Å². The third-order valence-electron chi connectivity index (χ3n) is 2.89. The molecule has 1 aromatic carbocycles. The molecule has 0 radical (unpaired) electrons. The normalized spacial score (nSPS) is 10.3. The summed E-state index contributed by atoms with van der Waals surface area (Å²) in [4.78, 5) is 6.36. The molecule has 2 rings (SSSR count). The lowest BCUT2D eigenvalue weighted by Crippen LogP contribution is -2.24. The smallest absolute Gasteiger partial charge is 0.0602 e. The van der Waals surface area contributed by atoms with Crippen molar-refractivity contribution in [3.8, 4) is 0 Å². The van der Waals surface area contributed by atoms with E-state index in [0.29, 0.717) is 0 Å². The number of hydrogen-bond donors (Lipinski definition) is 1. The Hall–Kier alpha value is -2.03. The van der Waals surface area contributed by atoms with Crippen LogP contribution in [0.4, 0.5) is 11.4 Å². The van der Waals surface area contributed by atoms with E-state index in [-0.39, 0.29) is 0 Å². The molecule has 0 amide bonds. The summed E-state index contributed by atoms with van der Waals surface area (Å²) in [5.41, 5.74) is 9.24. The van der Waals surface area contributed by atoms with Crippen LogP contribution in [-0.2, 0) is 6.54 Å². The molecule has 1 heterocycles. The van der Waals surface area contributed by atoms with E-state index < -0.39 is 0 Å². The summed E-state index contributed by atoms with van der Waals surface area (Å²) in [5, 5.41) is 0. The molecule has 0 saturated carbocycles. The van der Waals surface area contributed by atoms with Gasteiger partial charge in [0.2, 0.25) is 0 Å². The summed E-state index contributed by atoms with van der Waals surface area (Å²) in [7, 11) is 0. The number of anilines is 2. The van der Waals surface area contributed by atoms with Crippen molar-refractivity contribution in [3.05, 3.63) is 54.4 Å². The van der Waals surface area contributed by atoms with E-state index >= 15 is 0 Å². The maximum absolute atomic E-state index is 6.05. The number of aromatic nitrogens is 1. The van der Waals surface area contributed by atoms with Gasteiger partial charge in [0.05, 0.1) is 11.4 Å². The molecule has 3 nitrogen and oxygen atoms in total. The minimum absolute atomic E-state index is 0.833. The number of nitrogens with two attached hydrogens (primary N) is 1. The van der Waals surface area contributed by atoms with Gasteiger partial charge in [-0.3, -0.25) is 4.98 Å². The zero-order valence-electron chi connectivity index (χ0n) is 10.7. The van der Waals surface area contributed by atoms with E-state index in [2.05, 4.69) is 22.9 Å². The summed E-state index contributed by atoms with van der Waals surface area (Å²) >= 11 is 0. The van der Waals surface area contributed by atoms with Crippen LogP contribution in [-0.4, -0.2) is 11.5 Å². The van der Waals surface area contributed by atoms with Crippen LogP contribution in [0.15, 0.2) is 48.8 Å². The van der Waals surface area contributed by atoms with E-state index in [9.17, 15) is 0 Å². The lowest BCUT2D eigenvalue weighted by Gasteiger charge is -2.25. The highest BCUT2D eigenvalue weighted by Gasteiger charge is 2.08. The Morgan fingerprint density at radius 1 is 1.11 bits per heavy atom. The molecule has 0 fully saturated rings. The Bertz CT molecular complexity index is 482. The average Bonchev–Trinajstić information content (AvgIpc) is 2.40. The van der Waals surface area contributed by atoms with Crippen molar-refractivity contribution >= 4 is 11.4 Å². The van der Waals surface area contributed by atoms with Gasteiger partial charge in [0, 0.05) is 25.5 Å². The molecule has 0 atom stereocenters. The van der Waals surface area contributed by atoms with Crippen molar-refractivity contribution in [2.45, 2.75) is 19.9 Å². The van der Waals surface area contributed by atoms with Crippen molar-refractivity contribution in [1.29, 1.82) is 0 Å². The van der Waals surface area contributed by atoms with E-state index in [0.717, 1.165) is 30.9 Å². The molecular formula is C15H19N3. The van der Waals surface area contributed by atoms with Crippen molar-refractivity contribution < 1.29 is 0 Å². The molecule has 94 valence electrons. The van der Waals surface area contributed by atoms with Gasteiger partial charge in [-0.2, -0.15) is 0 Å². The zero-order chi connectivity index (χ0) is 12.8. The minimum Gasteiger partial charge on any atom is -0.397 e. The number of nitrogen functional groups attached to an aromatic ring is 1. The van der Waals surface area contributed by atoms with E-state index in [1.807, 2.05) is 42.7 Å². The van der Waals surface area contributed by atoms with Gasteiger partial charge in [-0.1, -0.05) is 19.1 Å². The van der Waals surface area contributed by atoms with Crippen molar-refractivity contribution in [1.82, 2.24) is 4.98 Å². The number of pyridine rings is 1. The highest BCUT2D eigenvalue weighted by molar-refractivity contribution is 5.67. The summed E-state index contributed by atoms with van der Waals surface area (Å²) in [6.45, 7) is 4.04. The summed E-state index contributed by atoms with van der Waals surface area (Å²) in [6.07, 6.45) is 4.75. The number of nitrogens with zero attached hydrogens (tertiary/aromatic N) is 2. The lowest BCUT2D eigenvalue weighted by molar-refractivity contribution is 0.768. The molecule has 1 aromatic heterocycles. The summed E-state index contributed by atoms with van der Waals surface area (Å²) < 4.78 is 0. The van der Waals surface area contributed by atoms with Gasteiger partial charge >= 0.3 is 0 Å². The quantitative estimate of drug-likeness (QED) is 0.818. The van der Waals surface area contributed by atoms with Crippen molar-refractivity contribution in [3.63, 3.8) is 0 Å². The molecule has 0 bridgehead atoms. The maximum Gasteiger partial charge on any atom is 0.0602 e.